The fraction of sp³-hybridized carbons (Fsp3) is 0.524. The van der Waals surface area contributed by atoms with Gasteiger partial charge in [-0.05, 0) is 56.9 Å². The van der Waals surface area contributed by atoms with Gasteiger partial charge in [0, 0.05) is 34.7 Å². The van der Waals surface area contributed by atoms with Crippen LogP contribution < -0.4 is 9.41 Å². The lowest BCUT2D eigenvalue weighted by molar-refractivity contribution is -0.164. The zero-order valence-electron chi connectivity index (χ0n) is 17.1. The summed E-state index contributed by atoms with van der Waals surface area (Å²) in [5.74, 6) is -0.510. The molecule has 1 aliphatic heterocycles. The molecule has 1 spiro atoms. The molecule has 0 saturated carbocycles. The summed E-state index contributed by atoms with van der Waals surface area (Å²) in [5, 5.41) is 0.467. The Morgan fingerprint density at radius 1 is 1.31 bits per heavy atom. The molecule has 1 saturated heterocycles. The van der Waals surface area contributed by atoms with E-state index in [-0.39, 0.29) is 11.4 Å². The van der Waals surface area contributed by atoms with Crippen LogP contribution >= 0.6 is 23.1 Å². The third-order valence-corrected chi connectivity index (χ3v) is 6.93. The van der Waals surface area contributed by atoms with E-state index in [0.717, 1.165) is 18.4 Å². The number of methoxy groups -OCH3 is 1. The van der Waals surface area contributed by atoms with Crippen molar-refractivity contribution in [3.8, 4) is 5.75 Å². The number of ether oxygens (including phenoxy) is 3. The summed E-state index contributed by atoms with van der Waals surface area (Å²) in [6.07, 6.45) is 2.23. The number of rotatable bonds is 2. The molecule has 0 N–H and O–H groups in total. The van der Waals surface area contributed by atoms with Crippen LogP contribution in [-0.2, 0) is 27.9 Å². The SMILES string of the molecule is COc1ccc(Cl)cc1C(=O)N=c1sn(C(C)(C)C)c2c1CC1(CC2)OCCO1. The van der Waals surface area contributed by atoms with Crippen molar-refractivity contribution in [1.82, 2.24) is 3.96 Å². The molecule has 2 aromatic rings. The second-order valence-electron chi connectivity index (χ2n) is 8.33. The molecule has 0 unspecified atom stereocenters. The van der Waals surface area contributed by atoms with Gasteiger partial charge in [-0.15, -0.1) is 0 Å². The minimum atomic E-state index is -0.592. The van der Waals surface area contributed by atoms with Crippen LogP contribution in [0.4, 0.5) is 0 Å². The summed E-state index contributed by atoms with van der Waals surface area (Å²) in [5.41, 5.74) is 2.48. The van der Waals surface area contributed by atoms with Crippen LogP contribution in [-0.4, -0.2) is 36.0 Å². The Labute approximate surface area is 179 Å². The maximum Gasteiger partial charge on any atom is 0.282 e. The van der Waals surface area contributed by atoms with Crippen molar-refractivity contribution < 1.29 is 19.0 Å². The van der Waals surface area contributed by atoms with Gasteiger partial charge in [0.15, 0.2) is 5.79 Å². The zero-order chi connectivity index (χ0) is 20.8. The second kappa shape index (κ2) is 7.54. The number of hydrogen-bond acceptors (Lipinski definition) is 5. The summed E-state index contributed by atoms with van der Waals surface area (Å²) in [6, 6.07) is 4.96. The van der Waals surface area contributed by atoms with Crippen molar-refractivity contribution in [3.05, 3.63) is 44.7 Å². The highest BCUT2D eigenvalue weighted by Gasteiger charge is 2.42. The van der Waals surface area contributed by atoms with Crippen molar-refractivity contribution >= 4 is 29.0 Å². The first-order valence-electron chi connectivity index (χ1n) is 9.67. The van der Waals surface area contributed by atoms with Gasteiger partial charge < -0.3 is 14.2 Å². The quantitative estimate of drug-likeness (QED) is 0.715. The molecule has 1 fully saturated rings. The Bertz CT molecular complexity index is 1010. The fourth-order valence-corrected chi connectivity index (χ4v) is 5.27. The number of nitrogens with zero attached hydrogens (tertiary/aromatic N) is 2. The third kappa shape index (κ3) is 3.89. The predicted octanol–water partition coefficient (Wildman–Crippen LogP) is 3.94. The molecule has 29 heavy (non-hydrogen) atoms. The molecule has 4 rings (SSSR count). The average molecular weight is 437 g/mol. The van der Waals surface area contributed by atoms with Gasteiger partial charge in [-0.25, -0.2) is 0 Å². The van der Waals surface area contributed by atoms with Crippen LogP contribution in [0.5, 0.6) is 5.75 Å². The first-order valence-corrected chi connectivity index (χ1v) is 10.8. The number of carbonyl (C=O) groups is 1. The normalized spacial score (nSPS) is 18.9. The van der Waals surface area contributed by atoms with Crippen molar-refractivity contribution in [1.29, 1.82) is 0 Å². The number of halogens is 1. The van der Waals surface area contributed by atoms with Gasteiger partial charge in [0.2, 0.25) is 0 Å². The highest BCUT2D eigenvalue weighted by atomic mass is 35.5. The highest BCUT2D eigenvalue weighted by molar-refractivity contribution is 7.04. The number of amides is 1. The number of benzene rings is 1. The number of fused-ring (bicyclic) bond motifs is 1. The molecule has 0 atom stereocenters. The van der Waals surface area contributed by atoms with Crippen LogP contribution in [0.1, 0.15) is 48.8 Å². The first-order chi connectivity index (χ1) is 13.7. The number of hydrogen-bond donors (Lipinski definition) is 0. The Hall–Kier alpha value is -1.67. The summed E-state index contributed by atoms with van der Waals surface area (Å²) < 4.78 is 20.2. The Balaban J connectivity index is 1.83. The van der Waals surface area contributed by atoms with E-state index in [0.29, 0.717) is 40.6 Å². The lowest BCUT2D eigenvalue weighted by Crippen LogP contribution is -2.39. The van der Waals surface area contributed by atoms with Gasteiger partial charge in [0.25, 0.3) is 5.91 Å². The van der Waals surface area contributed by atoms with Gasteiger partial charge in [-0.2, -0.15) is 4.99 Å². The summed E-state index contributed by atoms with van der Waals surface area (Å²) >= 11 is 7.61. The number of aromatic nitrogens is 1. The Morgan fingerprint density at radius 3 is 2.69 bits per heavy atom. The number of carbonyl (C=O) groups excluding carboxylic acids is 1. The van der Waals surface area contributed by atoms with E-state index in [4.69, 9.17) is 25.8 Å². The fourth-order valence-electron chi connectivity index (χ4n) is 3.91. The molecule has 1 aromatic carbocycles. The lowest BCUT2D eigenvalue weighted by Gasteiger charge is -2.33. The van der Waals surface area contributed by atoms with E-state index in [1.807, 2.05) is 0 Å². The van der Waals surface area contributed by atoms with E-state index in [9.17, 15) is 4.79 Å². The largest absolute Gasteiger partial charge is 0.496 e. The molecule has 6 nitrogen and oxygen atoms in total. The smallest absolute Gasteiger partial charge is 0.282 e. The van der Waals surface area contributed by atoms with E-state index in [1.165, 1.54) is 24.3 Å². The van der Waals surface area contributed by atoms with Crippen molar-refractivity contribution in [2.24, 2.45) is 4.99 Å². The summed E-state index contributed by atoms with van der Waals surface area (Å²) in [4.78, 5) is 17.5. The van der Waals surface area contributed by atoms with E-state index >= 15 is 0 Å². The minimum Gasteiger partial charge on any atom is -0.496 e. The molecule has 1 aromatic heterocycles. The van der Waals surface area contributed by atoms with E-state index in [2.05, 4.69) is 29.7 Å². The molecule has 1 amide bonds. The summed E-state index contributed by atoms with van der Waals surface area (Å²) in [6.45, 7) is 7.67. The molecule has 0 radical (unpaired) electrons. The first kappa shape index (κ1) is 20.6. The third-order valence-electron chi connectivity index (χ3n) is 5.24. The monoisotopic (exact) mass is 436 g/mol. The molecular formula is C21H25ClN2O4S. The van der Waals surface area contributed by atoms with Crippen molar-refractivity contribution in [2.45, 2.75) is 51.4 Å². The molecule has 2 aliphatic rings. The second-order valence-corrected chi connectivity index (χ2v) is 9.70. The van der Waals surface area contributed by atoms with Gasteiger partial charge in [0.1, 0.15) is 10.4 Å². The lowest BCUT2D eigenvalue weighted by atomic mass is 9.91. The van der Waals surface area contributed by atoms with Crippen LogP contribution in [0, 0.1) is 0 Å². The Kier molecular flexibility index (Phi) is 5.36. The molecule has 0 bridgehead atoms. The topological polar surface area (TPSA) is 62.0 Å². The Morgan fingerprint density at radius 2 is 2.03 bits per heavy atom. The maximum atomic E-state index is 13.0. The van der Waals surface area contributed by atoms with Crippen molar-refractivity contribution in [3.63, 3.8) is 0 Å². The van der Waals surface area contributed by atoms with Crippen LogP contribution in [0.2, 0.25) is 5.02 Å². The molecule has 8 heteroatoms. The van der Waals surface area contributed by atoms with Crippen LogP contribution in [0.3, 0.4) is 0 Å². The highest BCUT2D eigenvalue weighted by Crippen LogP contribution is 2.37. The molecule has 156 valence electrons. The molecule has 2 heterocycles. The van der Waals surface area contributed by atoms with E-state index in [1.54, 1.807) is 18.2 Å². The average Bonchev–Trinajstić information content (AvgIpc) is 3.26. The predicted molar refractivity (Wildman–Crippen MR) is 112 cm³/mol. The van der Waals surface area contributed by atoms with Gasteiger partial charge >= 0.3 is 0 Å². The molecular weight excluding hydrogens is 412 g/mol. The van der Waals surface area contributed by atoms with Crippen molar-refractivity contribution in [2.75, 3.05) is 20.3 Å². The summed E-state index contributed by atoms with van der Waals surface area (Å²) in [7, 11) is 1.53. The van der Waals surface area contributed by atoms with Gasteiger partial charge in [0.05, 0.1) is 25.9 Å². The molecule has 1 aliphatic carbocycles. The minimum absolute atomic E-state index is 0.110. The zero-order valence-corrected chi connectivity index (χ0v) is 18.7. The van der Waals surface area contributed by atoms with Crippen LogP contribution in [0.25, 0.3) is 0 Å². The van der Waals surface area contributed by atoms with Crippen LogP contribution in [0.15, 0.2) is 23.2 Å². The van der Waals surface area contributed by atoms with Gasteiger partial charge in [-0.3, -0.25) is 8.75 Å². The van der Waals surface area contributed by atoms with Gasteiger partial charge in [-0.1, -0.05) is 11.6 Å². The standard InChI is InChI=1S/C21H25ClN2O4S/c1-20(2,3)24-16-7-8-21(27-9-10-28-21)12-15(16)19(29-24)23-18(25)14-11-13(22)5-6-17(14)26-4/h5-6,11H,7-10,12H2,1-4H3. The van der Waals surface area contributed by atoms with E-state index < -0.39 is 5.79 Å². The maximum absolute atomic E-state index is 13.0.